The Balaban J connectivity index is 1.84. The van der Waals surface area contributed by atoms with Gasteiger partial charge in [-0.05, 0) is 12.8 Å². The summed E-state index contributed by atoms with van der Waals surface area (Å²) < 4.78 is 0. The van der Waals surface area contributed by atoms with Crippen LogP contribution in [0.15, 0.2) is 0 Å². The second-order valence-electron chi connectivity index (χ2n) is 3.60. The summed E-state index contributed by atoms with van der Waals surface area (Å²) in [5.74, 6) is -0.0182. The molecule has 0 aromatic carbocycles. The molecule has 14 heavy (non-hydrogen) atoms. The summed E-state index contributed by atoms with van der Waals surface area (Å²) in [7, 11) is 0. The van der Waals surface area contributed by atoms with Crippen molar-refractivity contribution < 1.29 is 14.4 Å². The van der Waals surface area contributed by atoms with Gasteiger partial charge in [-0.3, -0.25) is 14.4 Å². The molecule has 0 saturated carbocycles. The van der Waals surface area contributed by atoms with Gasteiger partial charge >= 0.3 is 0 Å². The van der Waals surface area contributed by atoms with Crippen LogP contribution in [0.2, 0.25) is 0 Å². The summed E-state index contributed by atoms with van der Waals surface area (Å²) in [6.45, 7) is 2.15. The molecule has 2 aliphatic heterocycles. The van der Waals surface area contributed by atoms with Gasteiger partial charge in [-0.2, -0.15) is 0 Å². The SMILES string of the molecule is O=C1CCCN1CC(=O)N1CCCO1. The largest absolute Gasteiger partial charge is 0.333 e. The van der Waals surface area contributed by atoms with Gasteiger partial charge in [-0.1, -0.05) is 0 Å². The molecule has 0 aliphatic carbocycles. The third kappa shape index (κ3) is 1.87. The van der Waals surface area contributed by atoms with Crippen molar-refractivity contribution in [3.63, 3.8) is 0 Å². The maximum absolute atomic E-state index is 11.6. The summed E-state index contributed by atoms with van der Waals surface area (Å²) in [4.78, 5) is 29.5. The molecule has 5 heteroatoms. The number of nitrogens with zero attached hydrogens (tertiary/aromatic N) is 2. The molecule has 78 valence electrons. The average Bonchev–Trinajstić information content (AvgIpc) is 2.77. The van der Waals surface area contributed by atoms with Crippen molar-refractivity contribution in [2.24, 2.45) is 0 Å². The van der Waals surface area contributed by atoms with Crippen LogP contribution < -0.4 is 0 Å². The zero-order valence-corrected chi connectivity index (χ0v) is 8.07. The van der Waals surface area contributed by atoms with Gasteiger partial charge < -0.3 is 4.90 Å². The Hall–Kier alpha value is -1.10. The lowest BCUT2D eigenvalue weighted by Crippen LogP contribution is -2.38. The highest BCUT2D eigenvalue weighted by Gasteiger charge is 2.26. The van der Waals surface area contributed by atoms with Crippen LogP contribution in [0, 0.1) is 0 Å². The highest BCUT2D eigenvalue weighted by atomic mass is 16.7. The van der Waals surface area contributed by atoms with Crippen molar-refractivity contribution >= 4 is 11.8 Å². The summed E-state index contributed by atoms with van der Waals surface area (Å²) in [5.41, 5.74) is 0. The van der Waals surface area contributed by atoms with E-state index >= 15 is 0 Å². The first-order chi connectivity index (χ1) is 6.77. The van der Waals surface area contributed by atoms with E-state index in [1.54, 1.807) is 4.90 Å². The van der Waals surface area contributed by atoms with E-state index in [1.807, 2.05) is 0 Å². The highest BCUT2D eigenvalue weighted by Crippen LogP contribution is 2.11. The van der Waals surface area contributed by atoms with E-state index < -0.39 is 0 Å². The molecular weight excluding hydrogens is 184 g/mol. The number of rotatable bonds is 2. The van der Waals surface area contributed by atoms with E-state index in [-0.39, 0.29) is 18.4 Å². The molecule has 0 aromatic heterocycles. The lowest BCUT2D eigenvalue weighted by molar-refractivity contribution is -0.170. The number of amides is 2. The second kappa shape index (κ2) is 3.96. The predicted molar refractivity (Wildman–Crippen MR) is 48.1 cm³/mol. The van der Waals surface area contributed by atoms with E-state index in [4.69, 9.17) is 4.84 Å². The zero-order chi connectivity index (χ0) is 9.97. The van der Waals surface area contributed by atoms with E-state index in [1.165, 1.54) is 5.06 Å². The molecule has 0 atom stereocenters. The minimum absolute atomic E-state index is 0.0811. The molecule has 2 aliphatic rings. The molecule has 0 unspecified atom stereocenters. The lowest BCUT2D eigenvalue weighted by atomic mass is 10.4. The maximum Gasteiger partial charge on any atom is 0.265 e. The predicted octanol–water partition coefficient (Wildman–Crippen LogP) is -0.227. The van der Waals surface area contributed by atoms with E-state index in [0.717, 1.165) is 12.8 Å². The van der Waals surface area contributed by atoms with E-state index in [0.29, 0.717) is 26.1 Å². The quantitative estimate of drug-likeness (QED) is 0.616. The minimum Gasteiger partial charge on any atom is -0.333 e. The van der Waals surface area contributed by atoms with Crippen LogP contribution in [0.25, 0.3) is 0 Å². The topological polar surface area (TPSA) is 49.9 Å². The monoisotopic (exact) mass is 198 g/mol. The highest BCUT2D eigenvalue weighted by molar-refractivity contribution is 5.85. The van der Waals surface area contributed by atoms with Crippen molar-refractivity contribution in [3.8, 4) is 0 Å². The Morgan fingerprint density at radius 3 is 2.79 bits per heavy atom. The molecular formula is C9H14N2O3. The number of hydroxylamine groups is 2. The van der Waals surface area contributed by atoms with Gasteiger partial charge in [0.2, 0.25) is 5.91 Å². The van der Waals surface area contributed by atoms with Gasteiger partial charge in [-0.15, -0.1) is 0 Å². The molecule has 0 spiro atoms. The Bertz CT molecular complexity index is 248. The molecule has 2 fully saturated rings. The van der Waals surface area contributed by atoms with Gasteiger partial charge in [0.15, 0.2) is 0 Å². The molecule has 0 bridgehead atoms. The van der Waals surface area contributed by atoms with Crippen molar-refractivity contribution in [1.29, 1.82) is 0 Å². The Labute approximate surface area is 82.6 Å². The molecule has 0 aromatic rings. The first-order valence-electron chi connectivity index (χ1n) is 4.98. The van der Waals surface area contributed by atoms with Crippen molar-refractivity contribution in [2.75, 3.05) is 26.2 Å². The molecule has 2 rings (SSSR count). The van der Waals surface area contributed by atoms with E-state index in [9.17, 15) is 9.59 Å². The molecule has 2 heterocycles. The van der Waals surface area contributed by atoms with Crippen LogP contribution in [0.1, 0.15) is 19.3 Å². The lowest BCUT2D eigenvalue weighted by Gasteiger charge is -2.19. The Kier molecular flexibility index (Phi) is 2.67. The molecule has 0 N–H and O–H groups in total. The van der Waals surface area contributed by atoms with Crippen molar-refractivity contribution in [2.45, 2.75) is 19.3 Å². The van der Waals surface area contributed by atoms with E-state index in [2.05, 4.69) is 0 Å². The van der Waals surface area contributed by atoms with Crippen LogP contribution in [-0.4, -0.2) is 48.0 Å². The normalized spacial score (nSPS) is 22.1. The number of hydrogen-bond acceptors (Lipinski definition) is 3. The summed E-state index contributed by atoms with van der Waals surface area (Å²) in [6.07, 6.45) is 2.33. The standard InChI is InChI=1S/C9H14N2O3/c12-8-3-1-4-10(8)7-9(13)11-5-2-6-14-11/h1-7H2. The fraction of sp³-hybridized carbons (Fsp3) is 0.778. The van der Waals surface area contributed by atoms with Crippen molar-refractivity contribution in [1.82, 2.24) is 9.96 Å². The summed E-state index contributed by atoms with van der Waals surface area (Å²) in [6, 6.07) is 0. The van der Waals surface area contributed by atoms with Crippen molar-refractivity contribution in [3.05, 3.63) is 0 Å². The van der Waals surface area contributed by atoms with Crippen LogP contribution in [0.3, 0.4) is 0 Å². The fourth-order valence-electron chi connectivity index (χ4n) is 1.76. The zero-order valence-electron chi connectivity index (χ0n) is 8.07. The van der Waals surface area contributed by atoms with Crippen LogP contribution in [-0.2, 0) is 14.4 Å². The first kappa shape index (κ1) is 9.45. The molecule has 5 nitrogen and oxygen atoms in total. The van der Waals surface area contributed by atoms with Gasteiger partial charge in [0, 0.05) is 13.0 Å². The third-order valence-electron chi connectivity index (χ3n) is 2.53. The average molecular weight is 198 g/mol. The van der Waals surface area contributed by atoms with Gasteiger partial charge in [-0.25, -0.2) is 5.06 Å². The van der Waals surface area contributed by atoms with Gasteiger partial charge in [0.1, 0.15) is 6.54 Å². The molecule has 2 saturated heterocycles. The molecule has 0 radical (unpaired) electrons. The summed E-state index contributed by atoms with van der Waals surface area (Å²) >= 11 is 0. The number of hydrogen-bond donors (Lipinski definition) is 0. The third-order valence-corrected chi connectivity index (χ3v) is 2.53. The van der Waals surface area contributed by atoms with Gasteiger partial charge in [0.05, 0.1) is 13.2 Å². The van der Waals surface area contributed by atoms with Gasteiger partial charge in [0.25, 0.3) is 5.91 Å². The Morgan fingerprint density at radius 1 is 1.36 bits per heavy atom. The summed E-state index contributed by atoms with van der Waals surface area (Å²) in [5, 5.41) is 1.37. The Morgan fingerprint density at radius 2 is 2.21 bits per heavy atom. The molecule has 2 amide bonds. The maximum atomic E-state index is 11.6. The van der Waals surface area contributed by atoms with Crippen LogP contribution in [0.4, 0.5) is 0 Å². The minimum atomic E-state index is -0.0993. The number of carbonyl (C=O) groups excluding carboxylic acids is 2. The number of carbonyl (C=O) groups is 2. The van der Waals surface area contributed by atoms with Crippen LogP contribution >= 0.6 is 0 Å². The van der Waals surface area contributed by atoms with Crippen LogP contribution in [0.5, 0.6) is 0 Å². The number of likely N-dealkylation sites (tertiary alicyclic amines) is 1. The first-order valence-corrected chi connectivity index (χ1v) is 4.98. The fourth-order valence-corrected chi connectivity index (χ4v) is 1.76. The second-order valence-corrected chi connectivity index (χ2v) is 3.60. The smallest absolute Gasteiger partial charge is 0.265 e.